The molecule has 2 aliphatic carbocycles. The zero-order chi connectivity index (χ0) is 47.8. The molecule has 0 aliphatic heterocycles. The van der Waals surface area contributed by atoms with Crippen LogP contribution in [0.5, 0.6) is 0 Å². The van der Waals surface area contributed by atoms with E-state index in [0.717, 1.165) is 78.1 Å². The van der Waals surface area contributed by atoms with Crippen LogP contribution in [0.15, 0.2) is 255 Å². The molecule has 4 nitrogen and oxygen atoms in total. The van der Waals surface area contributed by atoms with E-state index in [1.165, 1.54) is 66.1 Å². The summed E-state index contributed by atoms with van der Waals surface area (Å²) in [6.45, 7) is 0. The van der Waals surface area contributed by atoms with Crippen LogP contribution in [0.2, 0.25) is 0 Å². The number of pyridine rings is 1. The SMILES string of the molecule is c1ccc(-c2nc3ccccc3n2-c2ccc(-c3cc(-c4nc5ccccc5c5ccc6c(c45)-c4ccccc4C64c5ccccc5-c5ccccc54)cc(-n4c5ccccc5c5ccccc54)c3)cc2)cc1. The lowest BCUT2D eigenvalue weighted by Crippen LogP contribution is -2.25. The minimum absolute atomic E-state index is 0.491. The molecule has 0 saturated heterocycles. The summed E-state index contributed by atoms with van der Waals surface area (Å²) < 4.78 is 4.73. The molecule has 0 bridgehead atoms. The minimum atomic E-state index is -0.491. The van der Waals surface area contributed by atoms with Gasteiger partial charge in [-0.15, -0.1) is 0 Å². The summed E-state index contributed by atoms with van der Waals surface area (Å²) in [5.41, 5.74) is 22.6. The topological polar surface area (TPSA) is 35.6 Å². The van der Waals surface area contributed by atoms with Crippen molar-refractivity contribution in [2.45, 2.75) is 5.41 Å². The van der Waals surface area contributed by atoms with Crippen LogP contribution >= 0.6 is 0 Å². The van der Waals surface area contributed by atoms with Crippen molar-refractivity contribution >= 4 is 54.5 Å². The number of rotatable bonds is 5. The Balaban J connectivity index is 0.987. The van der Waals surface area contributed by atoms with Crippen LogP contribution < -0.4 is 0 Å². The van der Waals surface area contributed by atoms with Gasteiger partial charge in [-0.25, -0.2) is 9.97 Å². The molecule has 0 N–H and O–H groups in total. The summed E-state index contributed by atoms with van der Waals surface area (Å²) in [5.74, 6) is 0.917. The van der Waals surface area contributed by atoms with Crippen molar-refractivity contribution in [1.82, 2.24) is 19.1 Å². The highest BCUT2D eigenvalue weighted by atomic mass is 15.1. The molecule has 0 radical (unpaired) electrons. The third kappa shape index (κ3) is 5.55. The highest BCUT2D eigenvalue weighted by Gasteiger charge is 2.52. The van der Waals surface area contributed by atoms with Gasteiger partial charge in [0.1, 0.15) is 5.82 Å². The molecule has 0 unspecified atom stereocenters. The van der Waals surface area contributed by atoms with E-state index >= 15 is 0 Å². The number of aromatic nitrogens is 4. The number of fused-ring (bicyclic) bond motifs is 18. The molecule has 0 atom stereocenters. The maximum atomic E-state index is 5.81. The molecule has 4 heteroatoms. The second-order valence-electron chi connectivity index (χ2n) is 19.6. The number of hydrogen-bond acceptors (Lipinski definition) is 2. The van der Waals surface area contributed by atoms with Gasteiger partial charge < -0.3 is 4.57 Å². The molecular formula is C69H42N4. The van der Waals surface area contributed by atoms with Gasteiger partial charge in [-0.1, -0.05) is 194 Å². The monoisotopic (exact) mass is 926 g/mol. The molecule has 11 aromatic carbocycles. The molecule has 16 rings (SSSR count). The van der Waals surface area contributed by atoms with Gasteiger partial charge in [-0.3, -0.25) is 4.57 Å². The first-order valence-electron chi connectivity index (χ1n) is 25.2. The first kappa shape index (κ1) is 40.1. The van der Waals surface area contributed by atoms with E-state index in [-0.39, 0.29) is 0 Å². The maximum absolute atomic E-state index is 5.81. The van der Waals surface area contributed by atoms with Crippen molar-refractivity contribution in [1.29, 1.82) is 0 Å². The van der Waals surface area contributed by atoms with Gasteiger partial charge in [0.05, 0.1) is 38.7 Å². The van der Waals surface area contributed by atoms with Crippen LogP contribution in [0.1, 0.15) is 22.3 Å². The van der Waals surface area contributed by atoms with Crippen molar-refractivity contribution in [3.63, 3.8) is 0 Å². The van der Waals surface area contributed by atoms with E-state index in [2.05, 4.69) is 264 Å². The van der Waals surface area contributed by atoms with Gasteiger partial charge in [0, 0.05) is 44.0 Å². The molecule has 3 heterocycles. The van der Waals surface area contributed by atoms with Gasteiger partial charge >= 0.3 is 0 Å². The summed E-state index contributed by atoms with van der Waals surface area (Å²) >= 11 is 0. The molecule has 3 aromatic heterocycles. The molecule has 2 aliphatic rings. The number of benzene rings is 11. The Labute approximate surface area is 421 Å². The van der Waals surface area contributed by atoms with E-state index in [1.807, 2.05) is 0 Å². The molecule has 0 fully saturated rings. The van der Waals surface area contributed by atoms with Crippen LogP contribution in [-0.2, 0) is 5.41 Å². The number of hydrogen-bond donors (Lipinski definition) is 0. The molecule has 73 heavy (non-hydrogen) atoms. The molecule has 338 valence electrons. The predicted octanol–water partition coefficient (Wildman–Crippen LogP) is 17.2. The van der Waals surface area contributed by atoms with Gasteiger partial charge in [0.15, 0.2) is 0 Å². The van der Waals surface area contributed by atoms with Gasteiger partial charge in [-0.2, -0.15) is 0 Å². The lowest BCUT2D eigenvalue weighted by atomic mass is 9.70. The third-order valence-corrected chi connectivity index (χ3v) is 15.9. The Kier molecular flexibility index (Phi) is 8.35. The average molecular weight is 927 g/mol. The summed E-state index contributed by atoms with van der Waals surface area (Å²) in [6.07, 6.45) is 0. The highest BCUT2D eigenvalue weighted by molar-refractivity contribution is 6.19. The zero-order valence-corrected chi connectivity index (χ0v) is 39.5. The van der Waals surface area contributed by atoms with Crippen molar-refractivity contribution in [2.24, 2.45) is 0 Å². The van der Waals surface area contributed by atoms with E-state index in [9.17, 15) is 0 Å². The second-order valence-corrected chi connectivity index (χ2v) is 19.6. The van der Waals surface area contributed by atoms with Crippen LogP contribution in [0, 0.1) is 0 Å². The molecule has 0 amide bonds. The van der Waals surface area contributed by atoms with E-state index in [4.69, 9.17) is 9.97 Å². The third-order valence-electron chi connectivity index (χ3n) is 15.9. The fourth-order valence-electron chi connectivity index (χ4n) is 13.0. The smallest absolute Gasteiger partial charge is 0.145 e. The maximum Gasteiger partial charge on any atom is 0.145 e. The van der Waals surface area contributed by atoms with Crippen LogP contribution in [-0.4, -0.2) is 19.1 Å². The summed E-state index contributed by atoms with van der Waals surface area (Å²) in [6, 6.07) is 93.4. The minimum Gasteiger partial charge on any atom is -0.309 e. The standard InChI is InChI=1S/C69H42N4/c1-2-18-44(19-3-1)68-71-61-30-14-17-33-64(61)73(68)47-36-34-43(35-37-47)45-40-46(42-48(41-45)72-62-31-15-8-23-52(62)53-24-9-16-32-63(53)72)67-66-54(51-22-7-13-29-60(51)70-67)38-39-59-65(66)55-25-6-12-28-58(55)69(59)56-26-10-4-20-49(56)50-21-5-11-27-57(50)69/h1-42H. The Bertz CT molecular complexity index is 4510. The predicted molar refractivity (Wildman–Crippen MR) is 301 cm³/mol. The average Bonchev–Trinajstić information content (AvgIpc) is 4.20. The summed E-state index contributed by atoms with van der Waals surface area (Å²) in [4.78, 5) is 11.0. The summed E-state index contributed by atoms with van der Waals surface area (Å²) in [7, 11) is 0. The quantitative estimate of drug-likeness (QED) is 0.161. The Hall–Kier alpha value is -9.64. The largest absolute Gasteiger partial charge is 0.309 e. The second kappa shape index (κ2) is 15.2. The first-order chi connectivity index (χ1) is 36.2. The fraction of sp³-hybridized carbons (Fsp3) is 0.0145. The Morgan fingerprint density at radius 2 is 0.849 bits per heavy atom. The van der Waals surface area contributed by atoms with E-state index in [0.29, 0.717) is 0 Å². The molecule has 0 saturated carbocycles. The number of para-hydroxylation sites is 5. The lowest BCUT2D eigenvalue weighted by Gasteiger charge is -2.30. The van der Waals surface area contributed by atoms with Gasteiger partial charge in [0.2, 0.25) is 0 Å². The van der Waals surface area contributed by atoms with Gasteiger partial charge in [-0.05, 0) is 122 Å². The van der Waals surface area contributed by atoms with Crippen molar-refractivity contribution in [3.8, 4) is 67.4 Å². The van der Waals surface area contributed by atoms with Crippen molar-refractivity contribution in [3.05, 3.63) is 277 Å². The van der Waals surface area contributed by atoms with E-state index in [1.54, 1.807) is 0 Å². The fourth-order valence-corrected chi connectivity index (χ4v) is 13.0. The normalized spacial score (nSPS) is 13.0. The van der Waals surface area contributed by atoms with Gasteiger partial charge in [0.25, 0.3) is 0 Å². The Morgan fingerprint density at radius 1 is 0.301 bits per heavy atom. The van der Waals surface area contributed by atoms with Crippen LogP contribution in [0.3, 0.4) is 0 Å². The molecule has 1 spiro atoms. The van der Waals surface area contributed by atoms with Crippen LogP contribution in [0.25, 0.3) is 122 Å². The lowest BCUT2D eigenvalue weighted by molar-refractivity contribution is 0.794. The first-order valence-corrected chi connectivity index (χ1v) is 25.2. The zero-order valence-electron chi connectivity index (χ0n) is 39.5. The summed E-state index contributed by atoms with van der Waals surface area (Å²) in [5, 5.41) is 5.96. The Morgan fingerprint density at radius 3 is 1.55 bits per heavy atom. The molecule has 14 aromatic rings. The number of nitrogens with zero attached hydrogens (tertiary/aromatic N) is 4. The highest BCUT2D eigenvalue weighted by Crippen LogP contribution is 2.64. The van der Waals surface area contributed by atoms with Crippen molar-refractivity contribution in [2.75, 3.05) is 0 Å². The van der Waals surface area contributed by atoms with Crippen molar-refractivity contribution < 1.29 is 0 Å². The number of imidazole rings is 1. The molecular weight excluding hydrogens is 885 g/mol. The van der Waals surface area contributed by atoms with E-state index < -0.39 is 5.41 Å². The van der Waals surface area contributed by atoms with Crippen LogP contribution in [0.4, 0.5) is 0 Å².